The molecule has 2 rings (SSSR count). The molecule has 24 heavy (non-hydrogen) atoms. The van der Waals surface area contributed by atoms with E-state index in [1.807, 2.05) is 32.0 Å². The summed E-state index contributed by atoms with van der Waals surface area (Å²) in [6, 6.07) is 5.91. The lowest BCUT2D eigenvalue weighted by Gasteiger charge is -2.30. The summed E-state index contributed by atoms with van der Waals surface area (Å²) in [7, 11) is 1.43. The second-order valence-electron chi connectivity index (χ2n) is 6.07. The van der Waals surface area contributed by atoms with Crippen molar-refractivity contribution in [1.29, 1.82) is 0 Å². The van der Waals surface area contributed by atoms with Crippen molar-refractivity contribution in [3.05, 3.63) is 53.1 Å². The number of aryl methyl sites for hydroxylation is 3. The Kier molecular flexibility index (Phi) is 5.35. The van der Waals surface area contributed by atoms with Gasteiger partial charge in [-0.15, -0.1) is 0 Å². The molecule has 1 aromatic heterocycles. The van der Waals surface area contributed by atoms with Gasteiger partial charge in [0.2, 0.25) is 5.60 Å². The van der Waals surface area contributed by atoms with E-state index in [-0.39, 0.29) is 6.54 Å². The summed E-state index contributed by atoms with van der Waals surface area (Å²) >= 11 is 0. The van der Waals surface area contributed by atoms with Crippen LogP contribution in [0, 0.1) is 13.8 Å². The van der Waals surface area contributed by atoms with Gasteiger partial charge in [0.1, 0.15) is 5.82 Å². The highest BCUT2D eigenvalue weighted by Gasteiger charge is 2.56. The zero-order valence-corrected chi connectivity index (χ0v) is 14.0. The highest BCUT2D eigenvalue weighted by Crippen LogP contribution is 2.40. The van der Waals surface area contributed by atoms with Gasteiger partial charge in [0.15, 0.2) is 0 Å². The van der Waals surface area contributed by atoms with E-state index >= 15 is 0 Å². The molecule has 0 amide bonds. The predicted molar refractivity (Wildman–Crippen MR) is 85.4 cm³/mol. The first kappa shape index (κ1) is 18.5. The van der Waals surface area contributed by atoms with Crippen LogP contribution < -0.4 is 5.32 Å². The average molecular weight is 341 g/mol. The Bertz CT molecular complexity index is 697. The minimum atomic E-state index is -4.80. The molecule has 0 aliphatic heterocycles. The molecular formula is C17H22F3N3O. The Hall–Kier alpha value is -1.86. The summed E-state index contributed by atoms with van der Waals surface area (Å²) in [6.07, 6.45) is -2.68. The number of nitrogens with one attached hydrogen (secondary N) is 1. The quantitative estimate of drug-likeness (QED) is 0.794. The van der Waals surface area contributed by atoms with Crippen LogP contribution in [0.25, 0.3) is 0 Å². The highest BCUT2D eigenvalue weighted by molar-refractivity contribution is 5.29. The van der Waals surface area contributed by atoms with Crippen LogP contribution in [0.4, 0.5) is 13.2 Å². The molecule has 0 unspecified atom stereocenters. The molecule has 0 saturated carbocycles. The maximum absolute atomic E-state index is 13.4. The molecule has 0 fully saturated rings. The van der Waals surface area contributed by atoms with Crippen molar-refractivity contribution in [2.45, 2.75) is 38.6 Å². The van der Waals surface area contributed by atoms with Gasteiger partial charge < -0.3 is 15.0 Å². The Balaban J connectivity index is 2.02. The fourth-order valence-corrected chi connectivity index (χ4v) is 2.56. The molecule has 0 aliphatic rings. The number of hydrogen-bond donors (Lipinski definition) is 2. The van der Waals surface area contributed by atoms with Gasteiger partial charge in [0, 0.05) is 32.4 Å². The van der Waals surface area contributed by atoms with Crippen molar-refractivity contribution in [3.63, 3.8) is 0 Å². The number of hydrogen-bond acceptors (Lipinski definition) is 3. The van der Waals surface area contributed by atoms with Gasteiger partial charge in [-0.1, -0.05) is 18.2 Å². The van der Waals surface area contributed by atoms with Gasteiger partial charge in [0.05, 0.1) is 0 Å². The molecule has 2 N–H and O–H groups in total. The van der Waals surface area contributed by atoms with E-state index in [9.17, 15) is 18.3 Å². The first-order chi connectivity index (χ1) is 11.1. The van der Waals surface area contributed by atoms with Crippen molar-refractivity contribution in [1.82, 2.24) is 14.9 Å². The second kappa shape index (κ2) is 6.94. The van der Waals surface area contributed by atoms with Gasteiger partial charge in [-0.3, -0.25) is 0 Å². The number of imidazole rings is 1. The third-order valence-corrected chi connectivity index (χ3v) is 4.22. The average Bonchev–Trinajstić information content (AvgIpc) is 2.92. The standard InChI is InChI=1S/C17H22F3N3O/c1-12-4-5-14(10-13(12)2)11-21-7-6-16(24,17(18,19)20)15-22-8-9-23(15)3/h4-5,8-10,21,24H,6-7,11H2,1-3H3/t16-/m1/s1. The Morgan fingerprint density at radius 2 is 1.92 bits per heavy atom. The zero-order valence-electron chi connectivity index (χ0n) is 14.0. The van der Waals surface area contributed by atoms with E-state index in [0.717, 1.165) is 11.1 Å². The lowest BCUT2D eigenvalue weighted by molar-refractivity contribution is -0.272. The second-order valence-corrected chi connectivity index (χ2v) is 6.07. The topological polar surface area (TPSA) is 50.1 Å². The van der Waals surface area contributed by atoms with Crippen LogP contribution in [0.1, 0.15) is 28.9 Å². The van der Waals surface area contributed by atoms with Gasteiger partial charge in [-0.2, -0.15) is 13.2 Å². The Morgan fingerprint density at radius 1 is 1.21 bits per heavy atom. The molecule has 4 nitrogen and oxygen atoms in total. The van der Waals surface area contributed by atoms with Gasteiger partial charge in [-0.05, 0) is 37.1 Å². The largest absolute Gasteiger partial charge is 0.424 e. The van der Waals surface area contributed by atoms with Crippen molar-refractivity contribution < 1.29 is 18.3 Å². The molecule has 1 atom stereocenters. The molecule has 0 saturated heterocycles. The van der Waals surface area contributed by atoms with Crippen LogP contribution in [0.5, 0.6) is 0 Å². The molecule has 132 valence electrons. The monoisotopic (exact) mass is 341 g/mol. The van der Waals surface area contributed by atoms with Gasteiger partial charge in [-0.25, -0.2) is 4.98 Å². The molecule has 0 radical (unpaired) electrons. The first-order valence-electron chi connectivity index (χ1n) is 7.69. The molecule has 2 aromatic rings. The number of benzene rings is 1. The highest BCUT2D eigenvalue weighted by atomic mass is 19.4. The van der Waals surface area contributed by atoms with E-state index in [1.165, 1.54) is 29.6 Å². The number of aromatic nitrogens is 2. The Morgan fingerprint density at radius 3 is 2.46 bits per heavy atom. The molecular weight excluding hydrogens is 319 g/mol. The number of aliphatic hydroxyl groups is 1. The first-order valence-corrected chi connectivity index (χ1v) is 7.69. The summed E-state index contributed by atoms with van der Waals surface area (Å²) in [5, 5.41) is 13.2. The van der Waals surface area contributed by atoms with Crippen LogP contribution >= 0.6 is 0 Å². The van der Waals surface area contributed by atoms with Crippen LogP contribution in [0.2, 0.25) is 0 Å². The number of halogens is 3. The predicted octanol–water partition coefficient (Wildman–Crippen LogP) is 2.97. The summed E-state index contributed by atoms with van der Waals surface area (Å²) in [5.74, 6) is -0.400. The van der Waals surface area contributed by atoms with Crippen LogP contribution in [0.15, 0.2) is 30.6 Å². The van der Waals surface area contributed by atoms with E-state index in [1.54, 1.807) is 0 Å². The third-order valence-electron chi connectivity index (χ3n) is 4.22. The minimum Gasteiger partial charge on any atom is -0.374 e. The fourth-order valence-electron chi connectivity index (χ4n) is 2.56. The summed E-state index contributed by atoms with van der Waals surface area (Å²) < 4.78 is 41.3. The van der Waals surface area contributed by atoms with Gasteiger partial charge in [0.25, 0.3) is 0 Å². The zero-order chi connectivity index (χ0) is 18.0. The number of alkyl halides is 3. The smallest absolute Gasteiger partial charge is 0.374 e. The Labute approximate surface area is 139 Å². The van der Waals surface area contributed by atoms with Crippen molar-refractivity contribution in [2.24, 2.45) is 7.05 Å². The van der Waals surface area contributed by atoms with Crippen molar-refractivity contribution >= 4 is 0 Å². The van der Waals surface area contributed by atoms with E-state index in [4.69, 9.17) is 0 Å². The van der Waals surface area contributed by atoms with Crippen LogP contribution in [-0.2, 0) is 19.2 Å². The van der Waals surface area contributed by atoms with Gasteiger partial charge >= 0.3 is 6.18 Å². The normalized spacial score (nSPS) is 14.6. The SMILES string of the molecule is Cc1ccc(CNCC[C@@](O)(c2nccn2C)C(F)(F)F)cc1C. The number of nitrogens with zero attached hydrogens (tertiary/aromatic N) is 2. The molecule has 0 spiro atoms. The van der Waals surface area contributed by atoms with E-state index in [2.05, 4.69) is 10.3 Å². The molecule has 1 aromatic carbocycles. The van der Waals surface area contributed by atoms with E-state index < -0.39 is 24.0 Å². The lowest BCUT2D eigenvalue weighted by Crippen LogP contribution is -2.46. The maximum Gasteiger partial charge on any atom is 0.424 e. The third kappa shape index (κ3) is 3.79. The van der Waals surface area contributed by atoms with Crippen molar-refractivity contribution in [2.75, 3.05) is 6.54 Å². The maximum atomic E-state index is 13.4. The fraction of sp³-hybridized carbons (Fsp3) is 0.471. The number of rotatable bonds is 6. The molecule has 0 aliphatic carbocycles. The summed E-state index contributed by atoms with van der Waals surface area (Å²) in [6.45, 7) is 4.44. The van der Waals surface area contributed by atoms with Crippen LogP contribution in [0.3, 0.4) is 0 Å². The van der Waals surface area contributed by atoms with Crippen LogP contribution in [-0.4, -0.2) is 27.4 Å². The molecule has 1 heterocycles. The molecule has 7 heteroatoms. The lowest BCUT2D eigenvalue weighted by atomic mass is 9.97. The molecule has 0 bridgehead atoms. The van der Waals surface area contributed by atoms with E-state index in [0.29, 0.717) is 6.54 Å². The van der Waals surface area contributed by atoms with Crippen molar-refractivity contribution in [3.8, 4) is 0 Å². The minimum absolute atomic E-state index is 0.00972. The summed E-state index contributed by atoms with van der Waals surface area (Å²) in [5.41, 5.74) is 0.321. The summed E-state index contributed by atoms with van der Waals surface area (Å²) in [4.78, 5) is 3.68.